The molecule has 0 unspecified atom stereocenters. The van der Waals surface area contributed by atoms with Crippen molar-refractivity contribution >= 4 is 23.5 Å². The van der Waals surface area contributed by atoms with Crippen molar-refractivity contribution in [1.82, 2.24) is 4.98 Å². The molecule has 3 rings (SSSR count). The minimum absolute atomic E-state index is 0.0129. The van der Waals surface area contributed by atoms with Crippen LogP contribution in [0.4, 0.5) is 11.7 Å². The van der Waals surface area contributed by atoms with E-state index in [9.17, 15) is 9.59 Å². The van der Waals surface area contributed by atoms with E-state index in [-0.39, 0.29) is 17.7 Å². The minimum atomic E-state index is -0.438. The molecule has 0 radical (unpaired) electrons. The van der Waals surface area contributed by atoms with Crippen LogP contribution in [0.2, 0.25) is 0 Å². The van der Waals surface area contributed by atoms with E-state index in [1.54, 1.807) is 36.4 Å². The van der Waals surface area contributed by atoms with Gasteiger partial charge in [-0.25, -0.2) is 4.98 Å². The van der Waals surface area contributed by atoms with Crippen molar-refractivity contribution in [3.8, 4) is 0 Å². The maximum absolute atomic E-state index is 12.1. The third-order valence-corrected chi connectivity index (χ3v) is 3.30. The van der Waals surface area contributed by atoms with Gasteiger partial charge in [-0.1, -0.05) is 35.9 Å². The molecule has 0 aliphatic heterocycles. The van der Waals surface area contributed by atoms with Crippen molar-refractivity contribution in [2.45, 2.75) is 6.92 Å². The van der Waals surface area contributed by atoms with Crippen LogP contribution in [0, 0.1) is 6.92 Å². The van der Waals surface area contributed by atoms with Gasteiger partial charge in [-0.3, -0.25) is 14.9 Å². The first-order valence-corrected chi connectivity index (χ1v) is 7.32. The molecule has 2 aromatic carbocycles. The summed E-state index contributed by atoms with van der Waals surface area (Å²) in [6, 6.07) is 16.0. The lowest BCUT2D eigenvalue weighted by atomic mass is 10.2. The molecule has 0 atom stereocenters. The summed E-state index contributed by atoms with van der Waals surface area (Å²) in [5.41, 5.74) is 2.22. The Morgan fingerprint density at radius 3 is 2.33 bits per heavy atom. The molecule has 0 saturated carbocycles. The number of oxazole rings is 1. The molecule has 0 spiro atoms. The zero-order valence-corrected chi connectivity index (χ0v) is 12.9. The average molecular weight is 321 g/mol. The number of aryl methyl sites for hydroxylation is 1. The number of aromatic nitrogens is 1. The SMILES string of the molecule is Cc1ccc(NC(=O)c2cnc(NC(=O)c3ccccc3)o2)cc1. The maximum Gasteiger partial charge on any atom is 0.302 e. The second-order valence-corrected chi connectivity index (χ2v) is 5.17. The summed E-state index contributed by atoms with van der Waals surface area (Å²) in [4.78, 5) is 28.0. The minimum Gasteiger partial charge on any atom is -0.418 e. The van der Waals surface area contributed by atoms with Crippen LogP contribution < -0.4 is 10.6 Å². The Balaban J connectivity index is 1.65. The third-order valence-electron chi connectivity index (χ3n) is 3.30. The lowest BCUT2D eigenvalue weighted by molar-refractivity contribution is 0.0988. The zero-order chi connectivity index (χ0) is 16.9. The number of carbonyl (C=O) groups is 2. The monoisotopic (exact) mass is 321 g/mol. The van der Waals surface area contributed by atoms with Crippen molar-refractivity contribution in [3.63, 3.8) is 0 Å². The summed E-state index contributed by atoms with van der Waals surface area (Å²) >= 11 is 0. The number of nitrogens with zero attached hydrogens (tertiary/aromatic N) is 1. The van der Waals surface area contributed by atoms with Gasteiger partial charge in [0.15, 0.2) is 0 Å². The van der Waals surface area contributed by atoms with Gasteiger partial charge in [0.25, 0.3) is 11.8 Å². The van der Waals surface area contributed by atoms with Gasteiger partial charge < -0.3 is 9.73 Å². The van der Waals surface area contributed by atoms with Crippen LogP contribution in [-0.2, 0) is 0 Å². The van der Waals surface area contributed by atoms with Gasteiger partial charge in [-0.15, -0.1) is 0 Å². The van der Waals surface area contributed by atoms with Gasteiger partial charge >= 0.3 is 6.01 Å². The molecule has 2 amide bonds. The molecule has 24 heavy (non-hydrogen) atoms. The Kier molecular flexibility index (Phi) is 4.38. The van der Waals surface area contributed by atoms with Crippen LogP contribution in [0.3, 0.4) is 0 Å². The first-order chi connectivity index (χ1) is 11.6. The van der Waals surface area contributed by atoms with Crippen molar-refractivity contribution < 1.29 is 14.0 Å². The summed E-state index contributed by atoms with van der Waals surface area (Å²) < 4.78 is 5.28. The van der Waals surface area contributed by atoms with E-state index in [2.05, 4.69) is 15.6 Å². The van der Waals surface area contributed by atoms with Gasteiger partial charge in [-0.05, 0) is 31.2 Å². The molecular weight excluding hydrogens is 306 g/mol. The fraction of sp³-hybridized carbons (Fsp3) is 0.0556. The quantitative estimate of drug-likeness (QED) is 0.770. The number of amides is 2. The highest BCUT2D eigenvalue weighted by Gasteiger charge is 2.15. The number of hydrogen-bond acceptors (Lipinski definition) is 4. The summed E-state index contributed by atoms with van der Waals surface area (Å²) in [5.74, 6) is -0.784. The average Bonchev–Trinajstić information content (AvgIpc) is 3.06. The smallest absolute Gasteiger partial charge is 0.302 e. The van der Waals surface area contributed by atoms with E-state index in [0.29, 0.717) is 11.3 Å². The number of hydrogen-bond donors (Lipinski definition) is 2. The summed E-state index contributed by atoms with van der Waals surface area (Å²) in [7, 11) is 0. The number of carbonyl (C=O) groups excluding carboxylic acids is 2. The molecule has 3 aromatic rings. The second kappa shape index (κ2) is 6.78. The maximum atomic E-state index is 12.1. The van der Waals surface area contributed by atoms with Crippen LogP contribution in [0.1, 0.15) is 26.5 Å². The molecule has 0 aliphatic carbocycles. The molecule has 0 bridgehead atoms. The number of rotatable bonds is 4. The van der Waals surface area contributed by atoms with Gasteiger partial charge in [0.2, 0.25) is 5.76 Å². The molecule has 2 N–H and O–H groups in total. The molecule has 0 aliphatic rings. The van der Waals surface area contributed by atoms with Crippen molar-refractivity contribution in [2.75, 3.05) is 10.6 Å². The molecule has 0 saturated heterocycles. The predicted octanol–water partition coefficient (Wildman–Crippen LogP) is 3.49. The molecule has 1 aromatic heterocycles. The lowest BCUT2D eigenvalue weighted by Gasteiger charge is -2.03. The van der Waals surface area contributed by atoms with E-state index < -0.39 is 5.91 Å². The largest absolute Gasteiger partial charge is 0.418 e. The Hall–Kier alpha value is -3.41. The number of nitrogens with one attached hydrogen (secondary N) is 2. The Morgan fingerprint density at radius 1 is 0.917 bits per heavy atom. The van der Waals surface area contributed by atoms with Crippen molar-refractivity contribution in [1.29, 1.82) is 0 Å². The van der Waals surface area contributed by atoms with Crippen LogP contribution in [0.5, 0.6) is 0 Å². The number of benzene rings is 2. The fourth-order valence-electron chi connectivity index (χ4n) is 2.03. The normalized spacial score (nSPS) is 10.2. The summed E-state index contributed by atoms with van der Waals surface area (Å²) in [6.45, 7) is 1.96. The van der Waals surface area contributed by atoms with E-state index in [1.165, 1.54) is 6.20 Å². The van der Waals surface area contributed by atoms with Gasteiger partial charge in [0.1, 0.15) is 0 Å². The Morgan fingerprint density at radius 2 is 1.62 bits per heavy atom. The van der Waals surface area contributed by atoms with Gasteiger partial charge in [0, 0.05) is 11.3 Å². The third kappa shape index (κ3) is 3.67. The first-order valence-electron chi connectivity index (χ1n) is 7.32. The molecule has 120 valence electrons. The standard InChI is InChI=1S/C18H15N3O3/c1-12-7-9-14(10-8-12)20-17(23)15-11-19-18(24-15)21-16(22)13-5-3-2-4-6-13/h2-11H,1H3,(H,20,23)(H,19,21,22). The summed E-state index contributed by atoms with van der Waals surface area (Å²) in [5, 5.41) is 5.21. The fourth-order valence-corrected chi connectivity index (χ4v) is 2.03. The number of anilines is 2. The summed E-state index contributed by atoms with van der Waals surface area (Å²) in [6.07, 6.45) is 1.27. The molecule has 6 heteroatoms. The molecule has 6 nitrogen and oxygen atoms in total. The second-order valence-electron chi connectivity index (χ2n) is 5.17. The molecular formula is C18H15N3O3. The van der Waals surface area contributed by atoms with Crippen molar-refractivity contribution in [3.05, 3.63) is 77.7 Å². The highest BCUT2D eigenvalue weighted by molar-refractivity contribution is 6.04. The topological polar surface area (TPSA) is 84.2 Å². The highest BCUT2D eigenvalue weighted by atomic mass is 16.4. The van der Waals surface area contributed by atoms with E-state index in [4.69, 9.17) is 4.42 Å². The molecule has 1 heterocycles. The Labute approximate surface area is 138 Å². The van der Waals surface area contributed by atoms with E-state index in [0.717, 1.165) is 5.56 Å². The Bertz CT molecular complexity index is 855. The van der Waals surface area contributed by atoms with E-state index in [1.807, 2.05) is 25.1 Å². The lowest BCUT2D eigenvalue weighted by Crippen LogP contribution is -2.12. The van der Waals surface area contributed by atoms with Crippen molar-refractivity contribution in [2.24, 2.45) is 0 Å². The van der Waals surface area contributed by atoms with Crippen LogP contribution in [0.15, 0.2) is 65.2 Å². The highest BCUT2D eigenvalue weighted by Crippen LogP contribution is 2.14. The van der Waals surface area contributed by atoms with Gasteiger partial charge in [-0.2, -0.15) is 0 Å². The predicted molar refractivity (Wildman–Crippen MR) is 90.0 cm³/mol. The van der Waals surface area contributed by atoms with E-state index >= 15 is 0 Å². The van der Waals surface area contributed by atoms with Crippen LogP contribution in [0.25, 0.3) is 0 Å². The zero-order valence-electron chi connectivity index (χ0n) is 12.9. The van der Waals surface area contributed by atoms with Crippen LogP contribution >= 0.6 is 0 Å². The van der Waals surface area contributed by atoms with Crippen LogP contribution in [-0.4, -0.2) is 16.8 Å². The molecule has 0 fully saturated rings. The van der Waals surface area contributed by atoms with Gasteiger partial charge in [0.05, 0.1) is 6.20 Å². The first kappa shape index (κ1) is 15.5.